The van der Waals surface area contributed by atoms with Gasteiger partial charge in [0.1, 0.15) is 0 Å². The minimum atomic E-state index is -0.280. The van der Waals surface area contributed by atoms with Crippen molar-refractivity contribution in [2.45, 2.75) is 31.9 Å². The fourth-order valence-corrected chi connectivity index (χ4v) is 2.19. The van der Waals surface area contributed by atoms with Gasteiger partial charge in [0.15, 0.2) is 0 Å². The van der Waals surface area contributed by atoms with E-state index in [-0.39, 0.29) is 6.10 Å². The van der Waals surface area contributed by atoms with Crippen LogP contribution in [0.1, 0.15) is 19.8 Å². The number of nitrogens with zero attached hydrogens (tertiary/aromatic N) is 1. The van der Waals surface area contributed by atoms with E-state index in [1.54, 1.807) is 0 Å². The molecule has 0 amide bonds. The van der Waals surface area contributed by atoms with Crippen molar-refractivity contribution in [3.8, 4) is 0 Å². The third-order valence-corrected chi connectivity index (χ3v) is 3.22. The second kappa shape index (κ2) is 7.22. The molecule has 4 heteroatoms. The Labute approximate surface area is 99.0 Å². The molecular weight excluding hydrogens is 204 g/mol. The SMILES string of the molecule is CC(NCC(O)CN(C)C)C1CCOCC1. The number of nitrogens with one attached hydrogen (secondary N) is 1. The molecule has 2 atom stereocenters. The molecule has 0 radical (unpaired) electrons. The largest absolute Gasteiger partial charge is 0.390 e. The zero-order valence-electron chi connectivity index (χ0n) is 10.8. The molecule has 0 saturated carbocycles. The average Bonchev–Trinajstić information content (AvgIpc) is 2.26. The Balaban J connectivity index is 2.15. The van der Waals surface area contributed by atoms with Crippen LogP contribution in [0.15, 0.2) is 0 Å². The Morgan fingerprint density at radius 3 is 2.56 bits per heavy atom. The Morgan fingerprint density at radius 2 is 2.00 bits per heavy atom. The first-order valence-electron chi connectivity index (χ1n) is 6.23. The van der Waals surface area contributed by atoms with E-state index in [0.717, 1.165) is 26.1 Å². The molecule has 1 rings (SSSR count). The highest BCUT2D eigenvalue weighted by molar-refractivity contribution is 4.76. The fraction of sp³-hybridized carbons (Fsp3) is 1.00. The van der Waals surface area contributed by atoms with Gasteiger partial charge in [-0.05, 0) is 39.8 Å². The van der Waals surface area contributed by atoms with Gasteiger partial charge in [-0.1, -0.05) is 0 Å². The van der Waals surface area contributed by atoms with E-state index >= 15 is 0 Å². The summed E-state index contributed by atoms with van der Waals surface area (Å²) in [6.07, 6.45) is 1.99. The molecule has 1 aliphatic heterocycles. The highest BCUT2D eigenvalue weighted by Gasteiger charge is 2.20. The molecule has 0 aromatic rings. The average molecular weight is 230 g/mol. The van der Waals surface area contributed by atoms with Crippen LogP contribution in [0.25, 0.3) is 0 Å². The van der Waals surface area contributed by atoms with E-state index in [4.69, 9.17) is 4.74 Å². The standard InChI is InChI=1S/C12H26N2O2/c1-10(11-4-6-16-7-5-11)13-8-12(15)9-14(2)3/h10-13,15H,4-9H2,1-3H3. The van der Waals surface area contributed by atoms with Gasteiger partial charge in [0.25, 0.3) is 0 Å². The van der Waals surface area contributed by atoms with Gasteiger partial charge in [0.2, 0.25) is 0 Å². The summed E-state index contributed by atoms with van der Waals surface area (Å²) in [7, 11) is 3.95. The minimum absolute atomic E-state index is 0.280. The van der Waals surface area contributed by atoms with Crippen molar-refractivity contribution in [3.05, 3.63) is 0 Å². The number of aliphatic hydroxyl groups excluding tert-OH is 1. The van der Waals surface area contributed by atoms with E-state index in [9.17, 15) is 5.11 Å². The molecule has 1 heterocycles. The van der Waals surface area contributed by atoms with Crippen LogP contribution in [0.2, 0.25) is 0 Å². The summed E-state index contributed by atoms with van der Waals surface area (Å²) < 4.78 is 5.34. The van der Waals surface area contributed by atoms with Crippen molar-refractivity contribution in [1.82, 2.24) is 10.2 Å². The molecule has 2 unspecified atom stereocenters. The van der Waals surface area contributed by atoms with E-state index in [0.29, 0.717) is 25.0 Å². The van der Waals surface area contributed by atoms with Gasteiger partial charge in [0, 0.05) is 32.3 Å². The quantitative estimate of drug-likeness (QED) is 0.689. The van der Waals surface area contributed by atoms with Crippen molar-refractivity contribution in [3.63, 3.8) is 0 Å². The van der Waals surface area contributed by atoms with E-state index in [1.807, 2.05) is 19.0 Å². The van der Waals surface area contributed by atoms with Gasteiger partial charge < -0.3 is 20.1 Å². The predicted octanol–water partition coefficient (Wildman–Crippen LogP) is 0.314. The number of hydrogen-bond acceptors (Lipinski definition) is 4. The lowest BCUT2D eigenvalue weighted by Gasteiger charge is -2.29. The summed E-state index contributed by atoms with van der Waals surface area (Å²) in [4.78, 5) is 2.01. The van der Waals surface area contributed by atoms with Gasteiger partial charge in [-0.15, -0.1) is 0 Å². The Kier molecular flexibility index (Phi) is 6.28. The Hall–Kier alpha value is -0.160. The van der Waals surface area contributed by atoms with Crippen molar-refractivity contribution < 1.29 is 9.84 Å². The van der Waals surface area contributed by atoms with Crippen molar-refractivity contribution in [1.29, 1.82) is 0 Å². The normalized spacial score (nSPS) is 22.3. The summed E-state index contributed by atoms with van der Waals surface area (Å²) in [5.74, 6) is 0.695. The molecule has 0 aromatic heterocycles. The van der Waals surface area contributed by atoms with Crippen LogP contribution in [0.4, 0.5) is 0 Å². The minimum Gasteiger partial charge on any atom is -0.390 e. The lowest BCUT2D eigenvalue weighted by Crippen LogP contribution is -2.42. The number of rotatable bonds is 6. The zero-order chi connectivity index (χ0) is 12.0. The number of likely N-dealkylation sites (N-methyl/N-ethyl adjacent to an activating group) is 1. The molecule has 4 nitrogen and oxygen atoms in total. The summed E-state index contributed by atoms with van der Waals surface area (Å²) in [6.45, 7) is 5.37. The lowest BCUT2D eigenvalue weighted by molar-refractivity contribution is 0.0528. The maximum Gasteiger partial charge on any atom is 0.0791 e. The molecule has 2 N–H and O–H groups in total. The third-order valence-electron chi connectivity index (χ3n) is 3.22. The first kappa shape index (κ1) is 13.9. The summed E-state index contributed by atoms with van der Waals surface area (Å²) >= 11 is 0. The molecule has 16 heavy (non-hydrogen) atoms. The third kappa shape index (κ3) is 5.25. The first-order valence-corrected chi connectivity index (χ1v) is 6.23. The molecule has 0 aromatic carbocycles. The van der Waals surface area contributed by atoms with Gasteiger partial charge in [-0.3, -0.25) is 0 Å². The highest BCUT2D eigenvalue weighted by atomic mass is 16.5. The zero-order valence-corrected chi connectivity index (χ0v) is 10.8. The molecular formula is C12H26N2O2. The van der Waals surface area contributed by atoms with Crippen molar-refractivity contribution in [2.75, 3.05) is 40.4 Å². The van der Waals surface area contributed by atoms with Crippen LogP contribution < -0.4 is 5.32 Å². The number of hydrogen-bond donors (Lipinski definition) is 2. The summed E-state index contributed by atoms with van der Waals surface area (Å²) in [5.41, 5.74) is 0. The molecule has 1 saturated heterocycles. The molecule has 0 aliphatic carbocycles. The van der Waals surface area contributed by atoms with Crippen LogP contribution in [0, 0.1) is 5.92 Å². The maximum absolute atomic E-state index is 9.74. The predicted molar refractivity (Wildman–Crippen MR) is 65.6 cm³/mol. The van der Waals surface area contributed by atoms with Crippen LogP contribution in [0.3, 0.4) is 0 Å². The van der Waals surface area contributed by atoms with E-state index < -0.39 is 0 Å². The van der Waals surface area contributed by atoms with Gasteiger partial charge in [-0.2, -0.15) is 0 Å². The van der Waals surface area contributed by atoms with Crippen LogP contribution in [0.5, 0.6) is 0 Å². The first-order chi connectivity index (χ1) is 7.59. The van der Waals surface area contributed by atoms with Crippen LogP contribution >= 0.6 is 0 Å². The topological polar surface area (TPSA) is 44.7 Å². The summed E-state index contributed by atoms with van der Waals surface area (Å²) in [6, 6.07) is 0.473. The lowest BCUT2D eigenvalue weighted by atomic mass is 9.93. The van der Waals surface area contributed by atoms with Crippen molar-refractivity contribution >= 4 is 0 Å². The van der Waals surface area contributed by atoms with Crippen LogP contribution in [-0.2, 0) is 4.74 Å². The molecule has 0 spiro atoms. The Morgan fingerprint density at radius 1 is 1.38 bits per heavy atom. The molecule has 0 bridgehead atoms. The number of aliphatic hydroxyl groups is 1. The van der Waals surface area contributed by atoms with Gasteiger partial charge in [-0.25, -0.2) is 0 Å². The second-order valence-electron chi connectivity index (χ2n) is 5.06. The highest BCUT2D eigenvalue weighted by Crippen LogP contribution is 2.18. The van der Waals surface area contributed by atoms with Gasteiger partial charge in [0.05, 0.1) is 6.10 Å². The van der Waals surface area contributed by atoms with Crippen LogP contribution in [-0.4, -0.2) is 62.6 Å². The van der Waals surface area contributed by atoms with Gasteiger partial charge >= 0.3 is 0 Å². The van der Waals surface area contributed by atoms with E-state index in [2.05, 4.69) is 12.2 Å². The monoisotopic (exact) mass is 230 g/mol. The number of ether oxygens (including phenoxy) is 1. The second-order valence-corrected chi connectivity index (χ2v) is 5.06. The van der Waals surface area contributed by atoms with Crippen molar-refractivity contribution in [2.24, 2.45) is 5.92 Å². The smallest absolute Gasteiger partial charge is 0.0791 e. The summed E-state index contributed by atoms with van der Waals surface area (Å²) in [5, 5.41) is 13.2. The van der Waals surface area contributed by atoms with E-state index in [1.165, 1.54) is 0 Å². The fourth-order valence-electron chi connectivity index (χ4n) is 2.19. The molecule has 96 valence electrons. The maximum atomic E-state index is 9.74. The molecule has 1 fully saturated rings. The molecule has 1 aliphatic rings. The Bertz CT molecular complexity index is 182.